The van der Waals surface area contributed by atoms with Crippen molar-refractivity contribution in [2.45, 2.75) is 60.0 Å². The third kappa shape index (κ3) is 2.13. The Hall–Kier alpha value is -1.51. The maximum atomic E-state index is 12.3. The Morgan fingerprint density at radius 1 is 1.45 bits per heavy atom. The van der Waals surface area contributed by atoms with E-state index in [2.05, 4.69) is 19.9 Å². The highest BCUT2D eigenvalue weighted by Crippen LogP contribution is 2.57. The fourth-order valence-corrected chi connectivity index (χ4v) is 3.94. The monoisotopic (exact) mass is 302 g/mol. The summed E-state index contributed by atoms with van der Waals surface area (Å²) < 4.78 is 11.8. The summed E-state index contributed by atoms with van der Waals surface area (Å²) in [7, 11) is 0. The van der Waals surface area contributed by atoms with Gasteiger partial charge in [0.1, 0.15) is 11.9 Å². The lowest BCUT2D eigenvalue weighted by molar-refractivity contribution is -0.162. The summed E-state index contributed by atoms with van der Waals surface area (Å²) in [5.74, 6) is 1.21. The van der Waals surface area contributed by atoms with Crippen molar-refractivity contribution >= 4 is 5.97 Å². The van der Waals surface area contributed by atoms with Gasteiger partial charge in [-0.05, 0) is 31.2 Å². The second-order valence-electron chi connectivity index (χ2n) is 7.39. The lowest BCUT2D eigenvalue weighted by Crippen LogP contribution is -2.42. The number of fused-ring (bicyclic) bond motifs is 2. The van der Waals surface area contributed by atoms with Crippen molar-refractivity contribution in [3.8, 4) is 0 Å². The first-order chi connectivity index (χ1) is 10.4. The summed E-state index contributed by atoms with van der Waals surface area (Å²) in [4.78, 5) is 12.3. The molecule has 1 aromatic heterocycles. The third-order valence-electron chi connectivity index (χ3n) is 5.67. The Kier molecular flexibility index (Phi) is 3.70. The molecule has 0 radical (unpaired) electrons. The van der Waals surface area contributed by atoms with Crippen molar-refractivity contribution in [3.05, 3.63) is 34.8 Å². The predicted molar refractivity (Wildman–Crippen MR) is 85.4 cm³/mol. The number of allylic oxidation sites excluding steroid dienone is 1. The molecule has 0 unspecified atom stereocenters. The van der Waals surface area contributed by atoms with Gasteiger partial charge in [-0.15, -0.1) is 0 Å². The average molecular weight is 302 g/mol. The molecule has 0 aromatic carbocycles. The van der Waals surface area contributed by atoms with Crippen molar-refractivity contribution in [1.82, 2.24) is 0 Å². The molecule has 1 heterocycles. The Labute approximate surface area is 132 Å². The van der Waals surface area contributed by atoms with Gasteiger partial charge >= 0.3 is 5.97 Å². The average Bonchev–Trinajstić information content (AvgIpc) is 2.82. The van der Waals surface area contributed by atoms with Crippen LogP contribution in [0.3, 0.4) is 0 Å². The highest BCUT2D eigenvalue weighted by atomic mass is 16.5. The molecule has 2 aliphatic carbocycles. The van der Waals surface area contributed by atoms with Crippen LogP contribution in [0, 0.1) is 24.2 Å². The first-order valence-corrected chi connectivity index (χ1v) is 8.32. The summed E-state index contributed by atoms with van der Waals surface area (Å²) in [6, 6.07) is 0. The van der Waals surface area contributed by atoms with Crippen molar-refractivity contribution in [3.63, 3.8) is 0 Å². The van der Waals surface area contributed by atoms with Crippen LogP contribution in [0.5, 0.6) is 0 Å². The van der Waals surface area contributed by atoms with E-state index >= 15 is 0 Å². The first-order valence-electron chi connectivity index (χ1n) is 8.32. The Morgan fingerprint density at radius 3 is 2.86 bits per heavy atom. The topological polar surface area (TPSA) is 39.4 Å². The van der Waals surface area contributed by atoms with E-state index in [1.165, 1.54) is 5.57 Å². The van der Waals surface area contributed by atoms with Crippen LogP contribution in [0.4, 0.5) is 0 Å². The quantitative estimate of drug-likeness (QED) is 0.585. The number of hydrogen-bond donors (Lipinski definition) is 0. The standard InChI is InChI=1S/C19H26O3/c1-11(2)18(20)22-17-16-12(3)10-21-15(16)9-14-8-6-7-13(4)19(14,17)5/h8,10-11,13,17H,6-7,9H2,1-5H3/t13-,17+,19+/m0/s1. The molecule has 0 bridgehead atoms. The molecule has 22 heavy (non-hydrogen) atoms. The molecule has 0 aliphatic heterocycles. The molecular weight excluding hydrogens is 276 g/mol. The third-order valence-corrected chi connectivity index (χ3v) is 5.67. The number of esters is 1. The molecule has 0 fully saturated rings. The van der Waals surface area contributed by atoms with E-state index < -0.39 is 0 Å². The SMILES string of the molecule is Cc1coc2c1[C@@H](OC(=O)C(C)C)[C@@]1(C)C(=CCC[C@@H]1C)C2. The minimum Gasteiger partial charge on any atom is -0.468 e. The lowest BCUT2D eigenvalue weighted by atomic mass is 9.58. The Morgan fingerprint density at radius 2 is 2.18 bits per heavy atom. The minimum absolute atomic E-state index is 0.118. The van der Waals surface area contributed by atoms with Gasteiger partial charge < -0.3 is 9.15 Å². The van der Waals surface area contributed by atoms with Crippen molar-refractivity contribution < 1.29 is 13.9 Å². The van der Waals surface area contributed by atoms with Crippen molar-refractivity contribution in [2.24, 2.45) is 17.3 Å². The Bertz CT molecular complexity index is 623. The maximum Gasteiger partial charge on any atom is 0.309 e. The highest BCUT2D eigenvalue weighted by molar-refractivity contribution is 5.72. The summed E-state index contributed by atoms with van der Waals surface area (Å²) in [6.07, 6.45) is 6.99. The van der Waals surface area contributed by atoms with Gasteiger partial charge in [0.2, 0.25) is 0 Å². The van der Waals surface area contributed by atoms with Crippen LogP contribution in [0.25, 0.3) is 0 Å². The maximum absolute atomic E-state index is 12.3. The van der Waals surface area contributed by atoms with Crippen LogP contribution in [-0.4, -0.2) is 5.97 Å². The van der Waals surface area contributed by atoms with Crippen molar-refractivity contribution in [1.29, 1.82) is 0 Å². The molecule has 120 valence electrons. The van der Waals surface area contributed by atoms with Crippen LogP contribution < -0.4 is 0 Å². The fourth-order valence-electron chi connectivity index (χ4n) is 3.94. The zero-order valence-electron chi connectivity index (χ0n) is 14.2. The normalized spacial score (nSPS) is 30.5. The van der Waals surface area contributed by atoms with E-state index in [1.54, 1.807) is 6.26 Å². The van der Waals surface area contributed by atoms with E-state index in [1.807, 2.05) is 20.8 Å². The van der Waals surface area contributed by atoms with Gasteiger partial charge in [0, 0.05) is 17.4 Å². The molecule has 0 amide bonds. The second-order valence-corrected chi connectivity index (χ2v) is 7.39. The van der Waals surface area contributed by atoms with Gasteiger partial charge in [0.25, 0.3) is 0 Å². The molecule has 3 nitrogen and oxygen atoms in total. The van der Waals surface area contributed by atoms with Crippen LogP contribution in [0.15, 0.2) is 22.3 Å². The number of carbonyl (C=O) groups excluding carboxylic acids is 1. The molecule has 3 rings (SSSR count). The summed E-state index contributed by atoms with van der Waals surface area (Å²) >= 11 is 0. The Balaban J connectivity index is 2.11. The molecule has 1 aromatic rings. The number of furan rings is 1. The molecule has 3 heteroatoms. The van der Waals surface area contributed by atoms with Crippen LogP contribution >= 0.6 is 0 Å². The highest BCUT2D eigenvalue weighted by Gasteiger charge is 2.51. The molecule has 0 saturated heterocycles. The van der Waals surface area contributed by atoms with Crippen LogP contribution in [0.2, 0.25) is 0 Å². The van der Waals surface area contributed by atoms with E-state index in [0.717, 1.165) is 36.1 Å². The fraction of sp³-hybridized carbons (Fsp3) is 0.632. The largest absolute Gasteiger partial charge is 0.468 e. The van der Waals surface area contributed by atoms with E-state index in [9.17, 15) is 4.79 Å². The number of aryl methyl sites for hydroxylation is 1. The lowest BCUT2D eigenvalue weighted by Gasteiger charge is -2.48. The van der Waals surface area contributed by atoms with Crippen molar-refractivity contribution in [2.75, 3.05) is 0 Å². The molecular formula is C19H26O3. The number of carbonyl (C=O) groups is 1. The van der Waals surface area contributed by atoms with E-state index in [4.69, 9.17) is 9.15 Å². The molecule has 2 aliphatic rings. The van der Waals surface area contributed by atoms with Crippen LogP contribution in [0.1, 0.15) is 63.5 Å². The summed E-state index contributed by atoms with van der Waals surface area (Å²) in [5.41, 5.74) is 3.44. The van der Waals surface area contributed by atoms with Gasteiger partial charge in [0.05, 0.1) is 12.2 Å². The van der Waals surface area contributed by atoms with E-state index in [0.29, 0.717) is 5.92 Å². The van der Waals surface area contributed by atoms with E-state index in [-0.39, 0.29) is 23.4 Å². The first kappa shape index (κ1) is 15.4. The number of rotatable bonds is 2. The smallest absolute Gasteiger partial charge is 0.309 e. The van der Waals surface area contributed by atoms with Gasteiger partial charge in [-0.1, -0.05) is 39.3 Å². The summed E-state index contributed by atoms with van der Waals surface area (Å²) in [5, 5.41) is 0. The van der Waals surface area contributed by atoms with Gasteiger partial charge in [-0.3, -0.25) is 4.79 Å². The molecule has 0 N–H and O–H groups in total. The zero-order valence-corrected chi connectivity index (χ0v) is 14.2. The van der Waals surface area contributed by atoms with Crippen LogP contribution in [-0.2, 0) is 16.0 Å². The summed E-state index contributed by atoms with van der Waals surface area (Å²) in [6.45, 7) is 10.4. The molecule has 0 spiro atoms. The van der Waals surface area contributed by atoms with Gasteiger partial charge in [-0.2, -0.15) is 0 Å². The molecule has 3 atom stereocenters. The second kappa shape index (κ2) is 5.29. The molecule has 0 saturated carbocycles. The minimum atomic E-state index is -0.230. The van der Waals surface area contributed by atoms with Gasteiger partial charge in [0.15, 0.2) is 0 Å². The van der Waals surface area contributed by atoms with Gasteiger partial charge in [-0.25, -0.2) is 0 Å². The predicted octanol–water partition coefficient (Wildman–Crippen LogP) is 4.75. The number of ether oxygens (including phenoxy) is 1. The zero-order chi connectivity index (χ0) is 16.1. The number of hydrogen-bond acceptors (Lipinski definition) is 3.